The van der Waals surface area contributed by atoms with Gasteiger partial charge < -0.3 is 15.2 Å². The second-order valence-corrected chi connectivity index (χ2v) is 5.78. The van der Waals surface area contributed by atoms with E-state index in [0.29, 0.717) is 0 Å². The molecule has 2 atom stereocenters. The molecule has 0 saturated carbocycles. The van der Waals surface area contributed by atoms with Crippen LogP contribution in [0.1, 0.15) is 18.4 Å². The van der Waals surface area contributed by atoms with Crippen molar-refractivity contribution in [3.63, 3.8) is 0 Å². The third-order valence-corrected chi connectivity index (χ3v) is 3.48. The van der Waals surface area contributed by atoms with Crippen molar-refractivity contribution in [2.24, 2.45) is 0 Å². The fourth-order valence-electron chi connectivity index (χ4n) is 1.63. The smallest absolute Gasteiger partial charge is 0.445 e. The second kappa shape index (κ2) is 10.4. The highest BCUT2D eigenvalue weighted by atomic mass is 31.1. The van der Waals surface area contributed by atoms with Crippen molar-refractivity contribution in [2.75, 3.05) is 6.54 Å². The Labute approximate surface area is 139 Å². The number of benzene rings is 1. The summed E-state index contributed by atoms with van der Waals surface area (Å²) < 4.78 is 34.4. The van der Waals surface area contributed by atoms with E-state index in [9.17, 15) is 19.0 Å². The van der Waals surface area contributed by atoms with Gasteiger partial charge in [0.05, 0.1) is 0 Å². The molecular formula is C12H17NO9P2+2. The highest BCUT2D eigenvalue weighted by molar-refractivity contribution is 7.33. The Balaban J connectivity index is 2.30. The first kappa shape index (κ1) is 20.5. The summed E-state index contributed by atoms with van der Waals surface area (Å²) >= 11 is 0. The fraction of sp³-hybridized carbons (Fsp3) is 0.417. The van der Waals surface area contributed by atoms with Crippen LogP contribution in [0, 0.1) is 0 Å². The average Bonchev–Trinajstić information content (AvgIpc) is 2.49. The van der Waals surface area contributed by atoms with Gasteiger partial charge in [0.1, 0.15) is 6.61 Å². The van der Waals surface area contributed by atoms with E-state index in [4.69, 9.17) is 14.5 Å². The molecule has 1 aromatic rings. The molecule has 1 aromatic carbocycles. The molecule has 0 saturated heterocycles. The molecule has 0 aliphatic rings. The van der Waals surface area contributed by atoms with Crippen LogP contribution >= 0.6 is 16.5 Å². The molecule has 1 amide bonds. The summed E-state index contributed by atoms with van der Waals surface area (Å²) in [7, 11) is -6.52. The largest absolute Gasteiger partial charge is 0.700 e. The Morgan fingerprint density at radius 1 is 1.12 bits per heavy atom. The third-order valence-electron chi connectivity index (χ3n) is 2.59. The topological polar surface area (TPSA) is 152 Å². The van der Waals surface area contributed by atoms with Gasteiger partial charge in [-0.25, -0.2) is 4.79 Å². The van der Waals surface area contributed by atoms with E-state index in [-0.39, 0.29) is 19.6 Å². The molecule has 24 heavy (non-hydrogen) atoms. The lowest BCUT2D eigenvalue weighted by Gasteiger charge is -2.13. The molecule has 2 unspecified atom stereocenters. The molecule has 0 bridgehead atoms. The minimum Gasteiger partial charge on any atom is -0.445 e. The number of ether oxygens (including phenoxy) is 1. The van der Waals surface area contributed by atoms with E-state index in [2.05, 4.69) is 14.4 Å². The van der Waals surface area contributed by atoms with Gasteiger partial charge in [-0.3, -0.25) is 0 Å². The van der Waals surface area contributed by atoms with E-state index < -0.39 is 35.0 Å². The third kappa shape index (κ3) is 8.95. The molecule has 132 valence electrons. The van der Waals surface area contributed by atoms with Crippen LogP contribution in [-0.4, -0.2) is 33.5 Å². The van der Waals surface area contributed by atoms with Crippen LogP contribution in [0.15, 0.2) is 30.3 Å². The average molecular weight is 381 g/mol. The predicted octanol–water partition coefficient (Wildman–Crippen LogP) is 1.67. The van der Waals surface area contributed by atoms with E-state index in [1.807, 2.05) is 6.07 Å². The Morgan fingerprint density at radius 3 is 2.25 bits per heavy atom. The first-order chi connectivity index (χ1) is 11.3. The molecule has 0 radical (unpaired) electrons. The fourth-order valence-corrected chi connectivity index (χ4v) is 2.43. The van der Waals surface area contributed by atoms with Gasteiger partial charge in [-0.2, -0.15) is 0 Å². The summed E-state index contributed by atoms with van der Waals surface area (Å²) in [5.74, 6) is -2.71. The van der Waals surface area contributed by atoms with Crippen molar-refractivity contribution in [3.8, 4) is 0 Å². The standard InChI is InChI=1S/C12H15NO9P2/c14-11(20-9-10-5-2-1-3-6-10)13-8-4-7-12(15,21-23(16)17)22-24(18)19/h1-3,5-6,15H,4,7-9H2,(H-2,13,14,16,17,18,19)/p+2. The van der Waals surface area contributed by atoms with Gasteiger partial charge in [-0.1, -0.05) is 30.3 Å². The van der Waals surface area contributed by atoms with Gasteiger partial charge in [-0.05, 0) is 21.0 Å². The molecule has 0 aliphatic carbocycles. The zero-order valence-electron chi connectivity index (χ0n) is 12.4. The number of carbonyl (C=O) groups is 1. The molecule has 10 nitrogen and oxygen atoms in total. The zero-order valence-corrected chi connectivity index (χ0v) is 14.2. The van der Waals surface area contributed by atoms with Crippen LogP contribution in [0.4, 0.5) is 4.79 Å². The number of alkyl carbamates (subject to hydrolysis) is 1. The van der Waals surface area contributed by atoms with Crippen molar-refractivity contribution in [1.29, 1.82) is 0 Å². The van der Waals surface area contributed by atoms with Crippen LogP contribution in [0.2, 0.25) is 0 Å². The van der Waals surface area contributed by atoms with Crippen LogP contribution in [0.3, 0.4) is 0 Å². The van der Waals surface area contributed by atoms with Gasteiger partial charge in [-0.15, -0.1) is 9.79 Å². The van der Waals surface area contributed by atoms with Crippen LogP contribution < -0.4 is 5.32 Å². The SMILES string of the molecule is O=C(NCCCC(O)(O[P+](=O)O)O[P+](=O)O)OCc1ccccc1. The summed E-state index contributed by atoms with van der Waals surface area (Å²) in [5.41, 5.74) is 0.808. The predicted molar refractivity (Wildman–Crippen MR) is 80.6 cm³/mol. The molecule has 0 fully saturated rings. The lowest BCUT2D eigenvalue weighted by molar-refractivity contribution is -0.277. The monoisotopic (exact) mass is 381 g/mol. The summed E-state index contributed by atoms with van der Waals surface area (Å²) in [6.45, 7) is 0.0892. The summed E-state index contributed by atoms with van der Waals surface area (Å²) in [6.07, 6.45) is -1.12. The summed E-state index contributed by atoms with van der Waals surface area (Å²) in [4.78, 5) is 28.7. The minimum absolute atomic E-state index is 0.00702. The zero-order chi connectivity index (χ0) is 18.0. The number of hydrogen-bond acceptors (Lipinski definition) is 7. The van der Waals surface area contributed by atoms with Crippen molar-refractivity contribution in [3.05, 3.63) is 35.9 Å². The quantitative estimate of drug-likeness (QED) is 0.269. The molecule has 0 aliphatic heterocycles. The van der Waals surface area contributed by atoms with Crippen LogP contribution in [0.25, 0.3) is 0 Å². The van der Waals surface area contributed by atoms with Gasteiger partial charge >= 0.3 is 28.6 Å². The molecule has 0 heterocycles. The Bertz CT molecular complexity index is 553. The maximum absolute atomic E-state index is 11.5. The highest BCUT2D eigenvalue weighted by Crippen LogP contribution is 2.35. The molecule has 0 aromatic heterocycles. The van der Waals surface area contributed by atoms with E-state index in [1.165, 1.54) is 0 Å². The first-order valence-electron chi connectivity index (χ1n) is 6.68. The highest BCUT2D eigenvalue weighted by Gasteiger charge is 2.47. The Kier molecular flexibility index (Phi) is 8.88. The number of amides is 1. The lowest BCUT2D eigenvalue weighted by Crippen LogP contribution is -2.33. The van der Waals surface area contributed by atoms with Crippen molar-refractivity contribution >= 4 is 22.6 Å². The molecule has 0 spiro atoms. The summed E-state index contributed by atoms with van der Waals surface area (Å²) in [6, 6.07) is 9.00. The van der Waals surface area contributed by atoms with E-state index in [0.717, 1.165) is 5.56 Å². The van der Waals surface area contributed by atoms with Crippen molar-refractivity contribution in [1.82, 2.24) is 5.32 Å². The Morgan fingerprint density at radius 2 is 1.71 bits per heavy atom. The minimum atomic E-state index is -3.26. The molecule has 4 N–H and O–H groups in total. The number of hydrogen-bond donors (Lipinski definition) is 4. The maximum atomic E-state index is 11.5. The number of nitrogens with one attached hydrogen (secondary N) is 1. The second-order valence-electron chi connectivity index (χ2n) is 4.46. The number of rotatable bonds is 10. The molecule has 1 rings (SSSR count). The maximum Gasteiger partial charge on any atom is 0.700 e. The number of aliphatic hydroxyl groups is 1. The first-order valence-corrected chi connectivity index (χ1v) is 8.94. The van der Waals surface area contributed by atoms with Gasteiger partial charge in [0.2, 0.25) is 0 Å². The van der Waals surface area contributed by atoms with Gasteiger partial charge in [0, 0.05) is 22.1 Å². The normalized spacial score (nSPS) is 14.5. The summed E-state index contributed by atoms with van der Waals surface area (Å²) in [5, 5.41) is 12.1. The number of carbonyl (C=O) groups excluding carboxylic acids is 1. The van der Waals surface area contributed by atoms with E-state index >= 15 is 0 Å². The van der Waals surface area contributed by atoms with Crippen LogP contribution in [0.5, 0.6) is 0 Å². The van der Waals surface area contributed by atoms with Crippen LogP contribution in [-0.2, 0) is 29.5 Å². The Hall–Kier alpha value is -1.51. The lowest BCUT2D eigenvalue weighted by atomic mass is 10.2. The van der Waals surface area contributed by atoms with Gasteiger partial charge in [0.25, 0.3) is 0 Å². The molecular weight excluding hydrogens is 364 g/mol. The van der Waals surface area contributed by atoms with Crippen molar-refractivity contribution < 1.29 is 42.6 Å². The van der Waals surface area contributed by atoms with E-state index in [1.54, 1.807) is 24.3 Å². The van der Waals surface area contributed by atoms with Gasteiger partial charge in [0.15, 0.2) is 0 Å². The van der Waals surface area contributed by atoms with Crippen molar-refractivity contribution in [2.45, 2.75) is 25.4 Å². The molecule has 12 heteroatoms.